The lowest BCUT2D eigenvalue weighted by Gasteiger charge is -2.58. The summed E-state index contributed by atoms with van der Waals surface area (Å²) in [5.41, 5.74) is 2.87. The molecule has 0 amide bonds. The number of ether oxygens (including phenoxy) is 1. The number of allylic oxidation sites excluding steroid dienone is 2. The van der Waals surface area contributed by atoms with Gasteiger partial charge in [-0.1, -0.05) is 36.7 Å². The maximum Gasteiger partial charge on any atom is 0.0926 e. The minimum Gasteiger partial charge on any atom is -0.411 e. The quantitative estimate of drug-likeness (QED) is 0.391. The van der Waals surface area contributed by atoms with E-state index in [0.29, 0.717) is 5.41 Å². The van der Waals surface area contributed by atoms with Crippen molar-refractivity contribution in [3.8, 4) is 0 Å². The van der Waals surface area contributed by atoms with Crippen LogP contribution in [0.5, 0.6) is 0 Å². The van der Waals surface area contributed by atoms with E-state index in [1.165, 1.54) is 44.9 Å². The van der Waals surface area contributed by atoms with Gasteiger partial charge in [0.15, 0.2) is 0 Å². The number of oxime groups is 1. The summed E-state index contributed by atoms with van der Waals surface area (Å²) in [4.78, 5) is 0. The molecule has 4 aliphatic carbocycles. The molecule has 3 fully saturated rings. The van der Waals surface area contributed by atoms with Gasteiger partial charge in [-0.05, 0) is 87.0 Å². The van der Waals surface area contributed by atoms with E-state index in [2.05, 4.69) is 37.2 Å². The zero-order valence-corrected chi connectivity index (χ0v) is 16.3. The summed E-state index contributed by atoms with van der Waals surface area (Å²) in [7, 11) is 0. The van der Waals surface area contributed by atoms with Gasteiger partial charge in [-0.3, -0.25) is 0 Å². The second kappa shape index (κ2) is 5.95. The molecular formula is C23H33NO2. The van der Waals surface area contributed by atoms with E-state index in [0.717, 1.165) is 48.3 Å². The molecular weight excluding hydrogens is 322 g/mol. The Morgan fingerprint density at radius 1 is 1.27 bits per heavy atom. The Hall–Kier alpha value is -1.09. The minimum atomic E-state index is 0.0382. The first-order valence-corrected chi connectivity index (χ1v) is 10.9. The van der Waals surface area contributed by atoms with Crippen LogP contribution in [0.3, 0.4) is 0 Å². The highest BCUT2D eigenvalue weighted by Gasteiger charge is 2.65. The molecule has 142 valence electrons. The van der Waals surface area contributed by atoms with Crippen LogP contribution in [0.25, 0.3) is 0 Å². The Kier molecular flexibility index (Phi) is 3.90. The number of rotatable bonds is 1. The molecule has 3 nitrogen and oxygen atoms in total. The van der Waals surface area contributed by atoms with E-state index >= 15 is 0 Å². The highest BCUT2D eigenvalue weighted by Crippen LogP contribution is 2.68. The van der Waals surface area contributed by atoms with Crippen LogP contribution < -0.4 is 0 Å². The fraction of sp³-hybridized carbons (Fsp3) is 0.783. The SMILES string of the molecule is CC[C@]12CCC3C(C1CC[C@@]21C=CCO1)[C@@H](C)CC1=C/C(=N/O)CC[C@@H]13. The van der Waals surface area contributed by atoms with E-state index in [4.69, 9.17) is 4.74 Å². The molecule has 1 aliphatic heterocycles. The maximum absolute atomic E-state index is 9.21. The predicted octanol–water partition coefficient (Wildman–Crippen LogP) is 5.35. The highest BCUT2D eigenvalue weighted by atomic mass is 16.5. The molecule has 1 spiro atoms. The first-order valence-electron chi connectivity index (χ1n) is 10.9. The molecule has 0 aromatic rings. The standard InChI is InChI=1S/C23H33NO2/c1-3-22-10-7-19-18-6-5-17(24-25)14-16(18)13-15(2)21(19)20(22)8-11-23(22)9-4-12-26-23/h4,9,14-15,18-21,25H,3,5-8,10-13H2,1-2H3/b24-17+/t15-,18-,19?,20?,21?,22-,23-/m0/s1. The molecule has 26 heavy (non-hydrogen) atoms. The van der Waals surface area contributed by atoms with Crippen molar-refractivity contribution in [2.45, 2.75) is 70.8 Å². The lowest BCUT2D eigenvalue weighted by atomic mass is 9.47. The third kappa shape index (κ3) is 2.07. The Morgan fingerprint density at radius 2 is 2.15 bits per heavy atom. The number of hydrogen-bond acceptors (Lipinski definition) is 3. The average molecular weight is 356 g/mol. The van der Waals surface area contributed by atoms with Crippen molar-refractivity contribution in [1.29, 1.82) is 0 Å². The van der Waals surface area contributed by atoms with Gasteiger partial charge in [0.2, 0.25) is 0 Å². The summed E-state index contributed by atoms with van der Waals surface area (Å²) in [6.45, 7) is 5.72. The predicted molar refractivity (Wildman–Crippen MR) is 103 cm³/mol. The number of nitrogens with zero attached hydrogens (tertiary/aromatic N) is 1. The zero-order valence-electron chi connectivity index (χ0n) is 16.3. The van der Waals surface area contributed by atoms with Crippen LogP contribution in [0.2, 0.25) is 0 Å². The average Bonchev–Trinajstić information content (AvgIpc) is 3.27. The van der Waals surface area contributed by atoms with Gasteiger partial charge in [0.05, 0.1) is 17.9 Å². The molecule has 3 saturated carbocycles. The maximum atomic E-state index is 9.21. The second-order valence-electron chi connectivity index (χ2n) is 9.67. The Labute approximate surface area is 157 Å². The van der Waals surface area contributed by atoms with Crippen molar-refractivity contribution in [1.82, 2.24) is 0 Å². The summed E-state index contributed by atoms with van der Waals surface area (Å²) in [5, 5.41) is 12.7. The number of hydrogen-bond donors (Lipinski definition) is 1. The molecule has 7 atom stereocenters. The zero-order chi connectivity index (χ0) is 17.9. The lowest BCUT2D eigenvalue weighted by molar-refractivity contribution is -0.130. The summed E-state index contributed by atoms with van der Waals surface area (Å²) >= 11 is 0. The highest BCUT2D eigenvalue weighted by molar-refractivity contribution is 5.96. The Bertz CT molecular complexity index is 680. The molecule has 0 aromatic heterocycles. The van der Waals surface area contributed by atoms with Gasteiger partial charge in [-0.25, -0.2) is 0 Å². The van der Waals surface area contributed by atoms with E-state index < -0.39 is 0 Å². The normalized spacial score (nSPS) is 51.2. The monoisotopic (exact) mass is 355 g/mol. The van der Waals surface area contributed by atoms with Gasteiger partial charge >= 0.3 is 0 Å². The summed E-state index contributed by atoms with van der Waals surface area (Å²) in [5.74, 6) is 3.95. The summed E-state index contributed by atoms with van der Waals surface area (Å²) < 4.78 is 6.45. The molecule has 1 heterocycles. The third-order valence-corrected chi connectivity index (χ3v) is 9.12. The molecule has 3 unspecified atom stereocenters. The van der Waals surface area contributed by atoms with E-state index in [-0.39, 0.29) is 5.60 Å². The molecule has 3 heteroatoms. The minimum absolute atomic E-state index is 0.0382. The van der Waals surface area contributed by atoms with Crippen molar-refractivity contribution in [3.05, 3.63) is 23.8 Å². The second-order valence-corrected chi connectivity index (χ2v) is 9.67. The summed E-state index contributed by atoms with van der Waals surface area (Å²) in [6, 6.07) is 0. The van der Waals surface area contributed by atoms with Crippen LogP contribution in [-0.2, 0) is 4.74 Å². The van der Waals surface area contributed by atoms with Crippen LogP contribution in [-0.4, -0.2) is 23.1 Å². The van der Waals surface area contributed by atoms with Crippen LogP contribution in [0, 0.1) is 35.0 Å². The first kappa shape index (κ1) is 17.0. The lowest BCUT2D eigenvalue weighted by Crippen LogP contribution is -2.55. The fourth-order valence-corrected chi connectivity index (χ4v) is 8.22. The third-order valence-electron chi connectivity index (χ3n) is 9.12. The van der Waals surface area contributed by atoms with Gasteiger partial charge < -0.3 is 9.94 Å². The summed E-state index contributed by atoms with van der Waals surface area (Å²) in [6.07, 6.45) is 16.8. The van der Waals surface area contributed by atoms with Gasteiger partial charge in [0.1, 0.15) is 0 Å². The fourth-order valence-electron chi connectivity index (χ4n) is 8.22. The van der Waals surface area contributed by atoms with E-state index in [1.807, 2.05) is 0 Å². The van der Waals surface area contributed by atoms with Crippen LogP contribution in [0.15, 0.2) is 29.0 Å². The van der Waals surface area contributed by atoms with Gasteiger partial charge in [0, 0.05) is 5.41 Å². The molecule has 0 saturated heterocycles. The Morgan fingerprint density at radius 3 is 2.88 bits per heavy atom. The van der Waals surface area contributed by atoms with Gasteiger partial charge in [0.25, 0.3) is 0 Å². The van der Waals surface area contributed by atoms with Crippen molar-refractivity contribution >= 4 is 5.71 Å². The van der Waals surface area contributed by atoms with Gasteiger partial charge in [-0.15, -0.1) is 0 Å². The van der Waals surface area contributed by atoms with Gasteiger partial charge in [-0.2, -0.15) is 0 Å². The molecule has 5 rings (SSSR count). The molecule has 0 radical (unpaired) electrons. The molecule has 1 N–H and O–H groups in total. The topological polar surface area (TPSA) is 41.8 Å². The molecule has 5 aliphatic rings. The van der Waals surface area contributed by atoms with E-state index in [1.54, 1.807) is 5.57 Å². The van der Waals surface area contributed by atoms with Crippen molar-refractivity contribution < 1.29 is 9.94 Å². The number of fused-ring (bicyclic) bond motifs is 6. The van der Waals surface area contributed by atoms with Crippen LogP contribution in [0.4, 0.5) is 0 Å². The smallest absolute Gasteiger partial charge is 0.0926 e. The van der Waals surface area contributed by atoms with E-state index in [9.17, 15) is 5.21 Å². The first-order chi connectivity index (χ1) is 12.6. The van der Waals surface area contributed by atoms with Crippen molar-refractivity contribution in [3.63, 3.8) is 0 Å². The molecule has 0 bridgehead atoms. The van der Waals surface area contributed by atoms with Crippen LogP contribution >= 0.6 is 0 Å². The van der Waals surface area contributed by atoms with Crippen LogP contribution in [0.1, 0.15) is 65.2 Å². The van der Waals surface area contributed by atoms with Crippen molar-refractivity contribution in [2.75, 3.05) is 6.61 Å². The largest absolute Gasteiger partial charge is 0.411 e. The Balaban J connectivity index is 1.51. The van der Waals surface area contributed by atoms with Crippen molar-refractivity contribution in [2.24, 2.45) is 40.2 Å². The molecule has 0 aromatic carbocycles.